The zero-order chi connectivity index (χ0) is 15.2. The molecule has 0 spiro atoms. The van der Waals surface area contributed by atoms with E-state index >= 15 is 0 Å². The molecule has 21 heavy (non-hydrogen) atoms. The van der Waals surface area contributed by atoms with E-state index in [-0.39, 0.29) is 0 Å². The highest BCUT2D eigenvalue weighted by Crippen LogP contribution is 2.26. The summed E-state index contributed by atoms with van der Waals surface area (Å²) in [7, 11) is 0. The van der Waals surface area contributed by atoms with E-state index in [2.05, 4.69) is 43.9 Å². The molecule has 0 unspecified atom stereocenters. The predicted molar refractivity (Wildman–Crippen MR) is 90.4 cm³/mol. The van der Waals surface area contributed by atoms with Crippen LogP contribution in [0.15, 0.2) is 49.1 Å². The average Bonchev–Trinajstić information content (AvgIpc) is 2.48. The van der Waals surface area contributed by atoms with Crippen LogP contribution >= 0.6 is 11.6 Å². The third-order valence-corrected chi connectivity index (χ3v) is 3.74. The maximum atomic E-state index is 6.22. The van der Waals surface area contributed by atoms with E-state index in [1.165, 1.54) is 11.1 Å². The summed E-state index contributed by atoms with van der Waals surface area (Å²) >= 11 is 6.22. The van der Waals surface area contributed by atoms with E-state index in [1.54, 1.807) is 6.08 Å². The number of hydrogen-bond donors (Lipinski definition) is 1. The number of hydrogen-bond acceptors (Lipinski definition) is 2. The Morgan fingerprint density at radius 2 is 2.05 bits per heavy atom. The molecule has 0 amide bonds. The lowest BCUT2D eigenvalue weighted by Crippen LogP contribution is -2.02. The van der Waals surface area contributed by atoms with Gasteiger partial charge in [0, 0.05) is 12.2 Å². The number of ether oxygens (including phenoxy) is 1. The molecule has 0 aromatic heterocycles. The summed E-state index contributed by atoms with van der Waals surface area (Å²) in [6.07, 6.45) is 1.70. The van der Waals surface area contributed by atoms with Gasteiger partial charge in [-0.25, -0.2) is 0 Å². The van der Waals surface area contributed by atoms with Crippen molar-refractivity contribution in [2.45, 2.75) is 20.4 Å². The number of nitrogens with one attached hydrogen (secondary N) is 1. The van der Waals surface area contributed by atoms with Gasteiger partial charge in [0.1, 0.15) is 12.4 Å². The van der Waals surface area contributed by atoms with Crippen molar-refractivity contribution in [3.8, 4) is 5.75 Å². The van der Waals surface area contributed by atoms with Gasteiger partial charge in [0.25, 0.3) is 0 Å². The Bertz CT molecular complexity index is 637. The van der Waals surface area contributed by atoms with Crippen LogP contribution in [0.1, 0.15) is 16.7 Å². The summed E-state index contributed by atoms with van der Waals surface area (Å²) in [6.45, 7) is 9.05. The van der Waals surface area contributed by atoms with Crippen molar-refractivity contribution < 1.29 is 4.74 Å². The summed E-state index contributed by atoms with van der Waals surface area (Å²) in [5.41, 5.74) is 4.82. The van der Waals surface area contributed by atoms with E-state index in [4.69, 9.17) is 16.3 Å². The Hall–Kier alpha value is -1.93. The van der Waals surface area contributed by atoms with Crippen LogP contribution in [-0.4, -0.2) is 6.61 Å². The van der Waals surface area contributed by atoms with Crippen molar-refractivity contribution in [1.82, 2.24) is 0 Å². The minimum absolute atomic E-state index is 0.458. The van der Waals surface area contributed by atoms with Crippen LogP contribution in [0.4, 0.5) is 5.69 Å². The highest BCUT2D eigenvalue weighted by atomic mass is 35.5. The smallest absolute Gasteiger partial charge is 0.138 e. The molecule has 0 heterocycles. The zero-order valence-corrected chi connectivity index (χ0v) is 13.2. The first-order valence-corrected chi connectivity index (χ1v) is 7.32. The van der Waals surface area contributed by atoms with Crippen LogP contribution in [-0.2, 0) is 6.54 Å². The number of aryl methyl sites for hydroxylation is 1. The molecule has 0 saturated carbocycles. The Balaban J connectivity index is 2.05. The van der Waals surface area contributed by atoms with Crippen molar-refractivity contribution in [3.63, 3.8) is 0 Å². The van der Waals surface area contributed by atoms with Gasteiger partial charge in [0.15, 0.2) is 0 Å². The summed E-state index contributed by atoms with van der Waals surface area (Å²) in [5.74, 6) is 0.687. The van der Waals surface area contributed by atoms with Crippen LogP contribution in [0.3, 0.4) is 0 Å². The lowest BCUT2D eigenvalue weighted by Gasteiger charge is -2.12. The molecule has 0 radical (unpaired) electrons. The van der Waals surface area contributed by atoms with Gasteiger partial charge in [-0.3, -0.25) is 0 Å². The fraction of sp³-hybridized carbons (Fsp3) is 0.222. The molecule has 110 valence electrons. The third-order valence-electron chi connectivity index (χ3n) is 3.44. The zero-order valence-electron chi connectivity index (χ0n) is 12.4. The fourth-order valence-electron chi connectivity index (χ4n) is 2.06. The highest BCUT2D eigenvalue weighted by molar-refractivity contribution is 6.32. The molecule has 2 aromatic rings. The molecule has 2 rings (SSSR count). The molecule has 0 aliphatic heterocycles. The molecule has 0 bridgehead atoms. The summed E-state index contributed by atoms with van der Waals surface area (Å²) < 4.78 is 5.47. The number of rotatable bonds is 6. The molecule has 0 aliphatic rings. The monoisotopic (exact) mass is 301 g/mol. The van der Waals surface area contributed by atoms with Crippen LogP contribution in [0, 0.1) is 13.8 Å². The molecular weight excluding hydrogens is 282 g/mol. The van der Waals surface area contributed by atoms with Crippen LogP contribution in [0.25, 0.3) is 0 Å². The number of benzene rings is 2. The molecular formula is C18H20ClNO. The van der Waals surface area contributed by atoms with Gasteiger partial charge in [-0.1, -0.05) is 42.5 Å². The van der Waals surface area contributed by atoms with E-state index in [1.807, 2.05) is 18.2 Å². The molecule has 2 aromatic carbocycles. The lowest BCUT2D eigenvalue weighted by molar-refractivity contribution is 0.363. The Morgan fingerprint density at radius 3 is 2.76 bits per heavy atom. The standard InChI is InChI=1S/C18H20ClNO/c1-4-10-21-18-9-8-15(11-16(18)19)12-20-17-7-5-6-13(2)14(17)3/h4-9,11,20H,1,10,12H2,2-3H3. The molecule has 0 atom stereocenters. The molecule has 3 heteroatoms. The fourth-order valence-corrected chi connectivity index (χ4v) is 2.32. The first-order chi connectivity index (χ1) is 10.1. The maximum Gasteiger partial charge on any atom is 0.138 e. The topological polar surface area (TPSA) is 21.3 Å². The van der Waals surface area contributed by atoms with Gasteiger partial charge in [0.2, 0.25) is 0 Å². The van der Waals surface area contributed by atoms with Crippen molar-refractivity contribution in [2.75, 3.05) is 11.9 Å². The van der Waals surface area contributed by atoms with E-state index < -0.39 is 0 Å². The Labute approximate surface area is 131 Å². The van der Waals surface area contributed by atoms with Gasteiger partial charge in [-0.2, -0.15) is 0 Å². The summed E-state index contributed by atoms with van der Waals surface area (Å²) in [5, 5.41) is 4.07. The van der Waals surface area contributed by atoms with Gasteiger partial charge in [-0.15, -0.1) is 0 Å². The molecule has 2 nitrogen and oxygen atoms in total. The van der Waals surface area contributed by atoms with Crippen LogP contribution in [0.5, 0.6) is 5.75 Å². The van der Waals surface area contributed by atoms with Crippen LogP contribution in [0.2, 0.25) is 5.02 Å². The molecule has 0 aliphatic carbocycles. The normalized spacial score (nSPS) is 10.2. The average molecular weight is 302 g/mol. The largest absolute Gasteiger partial charge is 0.488 e. The van der Waals surface area contributed by atoms with E-state index in [0.717, 1.165) is 17.8 Å². The Morgan fingerprint density at radius 1 is 1.24 bits per heavy atom. The minimum atomic E-state index is 0.458. The van der Waals surface area contributed by atoms with Crippen molar-refractivity contribution in [3.05, 3.63) is 70.8 Å². The second-order valence-electron chi connectivity index (χ2n) is 4.97. The van der Waals surface area contributed by atoms with Gasteiger partial charge in [-0.05, 0) is 48.7 Å². The lowest BCUT2D eigenvalue weighted by atomic mass is 10.1. The number of halogens is 1. The molecule has 1 N–H and O–H groups in total. The van der Waals surface area contributed by atoms with Gasteiger partial charge >= 0.3 is 0 Å². The van der Waals surface area contributed by atoms with E-state index in [0.29, 0.717) is 17.4 Å². The van der Waals surface area contributed by atoms with Gasteiger partial charge in [0.05, 0.1) is 5.02 Å². The first kappa shape index (κ1) is 15.5. The number of anilines is 1. The van der Waals surface area contributed by atoms with Crippen LogP contribution < -0.4 is 10.1 Å². The second-order valence-corrected chi connectivity index (χ2v) is 5.37. The first-order valence-electron chi connectivity index (χ1n) is 6.94. The maximum absolute atomic E-state index is 6.22. The second kappa shape index (κ2) is 7.19. The quantitative estimate of drug-likeness (QED) is 0.746. The van der Waals surface area contributed by atoms with Crippen molar-refractivity contribution in [1.29, 1.82) is 0 Å². The third kappa shape index (κ3) is 4.02. The Kier molecular flexibility index (Phi) is 5.29. The van der Waals surface area contributed by atoms with Gasteiger partial charge < -0.3 is 10.1 Å². The SMILES string of the molecule is C=CCOc1ccc(CNc2cccc(C)c2C)cc1Cl. The predicted octanol–water partition coefficient (Wildman–Crippen LogP) is 5.13. The highest BCUT2D eigenvalue weighted by Gasteiger charge is 2.04. The van der Waals surface area contributed by atoms with Crippen molar-refractivity contribution >= 4 is 17.3 Å². The molecule has 0 fully saturated rings. The summed E-state index contributed by atoms with van der Waals surface area (Å²) in [6, 6.07) is 12.1. The minimum Gasteiger partial charge on any atom is -0.488 e. The summed E-state index contributed by atoms with van der Waals surface area (Å²) in [4.78, 5) is 0. The van der Waals surface area contributed by atoms with E-state index in [9.17, 15) is 0 Å². The molecule has 0 saturated heterocycles. The van der Waals surface area contributed by atoms with Crippen molar-refractivity contribution in [2.24, 2.45) is 0 Å².